The Morgan fingerprint density at radius 3 is 2.62 bits per heavy atom. The second-order valence-corrected chi connectivity index (χ2v) is 4.48. The highest BCUT2D eigenvalue weighted by molar-refractivity contribution is 6.30. The van der Waals surface area contributed by atoms with E-state index in [-0.39, 0.29) is 0 Å². The van der Waals surface area contributed by atoms with Gasteiger partial charge in [-0.1, -0.05) is 25.4 Å². The van der Waals surface area contributed by atoms with E-state index in [9.17, 15) is 0 Å². The molecule has 2 rings (SSSR count). The van der Waals surface area contributed by atoms with Crippen LogP contribution in [0.15, 0.2) is 30.5 Å². The number of halogens is 1. The molecule has 3 nitrogen and oxygen atoms in total. The first-order valence-corrected chi connectivity index (χ1v) is 5.56. The molecule has 1 aromatic heterocycles. The van der Waals surface area contributed by atoms with Crippen molar-refractivity contribution in [2.75, 3.05) is 5.73 Å². The van der Waals surface area contributed by atoms with Gasteiger partial charge in [-0.15, -0.1) is 0 Å². The summed E-state index contributed by atoms with van der Waals surface area (Å²) in [5.74, 6) is 0.412. The second-order valence-electron chi connectivity index (χ2n) is 4.04. The Bertz CT molecular complexity index is 503. The summed E-state index contributed by atoms with van der Waals surface area (Å²) in [6.45, 7) is 4.22. The van der Waals surface area contributed by atoms with Crippen LogP contribution >= 0.6 is 11.6 Å². The number of aromatic nitrogens is 2. The molecule has 0 radical (unpaired) electrons. The van der Waals surface area contributed by atoms with Crippen LogP contribution in [0.5, 0.6) is 0 Å². The van der Waals surface area contributed by atoms with Gasteiger partial charge in [0.1, 0.15) is 0 Å². The van der Waals surface area contributed by atoms with Crippen molar-refractivity contribution in [3.63, 3.8) is 0 Å². The number of hydrogen-bond donors (Lipinski definition) is 1. The van der Waals surface area contributed by atoms with Crippen LogP contribution in [0.25, 0.3) is 5.69 Å². The summed E-state index contributed by atoms with van der Waals surface area (Å²) < 4.78 is 1.78. The fourth-order valence-electron chi connectivity index (χ4n) is 1.51. The normalized spacial score (nSPS) is 11.0. The molecular weight excluding hydrogens is 222 g/mol. The van der Waals surface area contributed by atoms with Crippen molar-refractivity contribution in [1.82, 2.24) is 9.78 Å². The van der Waals surface area contributed by atoms with Crippen LogP contribution in [-0.2, 0) is 0 Å². The zero-order valence-electron chi connectivity index (χ0n) is 9.31. The molecule has 2 aromatic rings. The van der Waals surface area contributed by atoms with Crippen molar-refractivity contribution in [1.29, 1.82) is 0 Å². The summed E-state index contributed by atoms with van der Waals surface area (Å²) in [4.78, 5) is 0. The molecule has 0 amide bonds. The average Bonchev–Trinajstić information content (AvgIpc) is 2.66. The predicted octanol–water partition coefficient (Wildman–Crippen LogP) is 3.23. The maximum absolute atomic E-state index is 5.89. The Morgan fingerprint density at radius 1 is 1.31 bits per heavy atom. The maximum atomic E-state index is 5.89. The van der Waals surface area contributed by atoms with Crippen molar-refractivity contribution in [3.8, 4) is 5.69 Å². The largest absolute Gasteiger partial charge is 0.397 e. The molecule has 16 heavy (non-hydrogen) atoms. The quantitative estimate of drug-likeness (QED) is 0.813. The average molecular weight is 236 g/mol. The third kappa shape index (κ3) is 2.04. The third-order valence-electron chi connectivity index (χ3n) is 2.44. The van der Waals surface area contributed by atoms with E-state index in [1.54, 1.807) is 10.7 Å². The third-order valence-corrected chi connectivity index (χ3v) is 2.67. The van der Waals surface area contributed by atoms with Gasteiger partial charge < -0.3 is 5.73 Å². The lowest BCUT2D eigenvalue weighted by atomic mass is 10.1. The van der Waals surface area contributed by atoms with Gasteiger partial charge in [0.2, 0.25) is 0 Å². The monoisotopic (exact) mass is 235 g/mol. The van der Waals surface area contributed by atoms with Gasteiger partial charge in [-0.05, 0) is 30.2 Å². The highest BCUT2D eigenvalue weighted by atomic mass is 35.5. The lowest BCUT2D eigenvalue weighted by Gasteiger charge is -2.06. The van der Waals surface area contributed by atoms with E-state index < -0.39 is 0 Å². The zero-order valence-corrected chi connectivity index (χ0v) is 10.1. The van der Waals surface area contributed by atoms with Crippen LogP contribution in [0.3, 0.4) is 0 Å². The first-order valence-electron chi connectivity index (χ1n) is 5.19. The number of nitrogen functional groups attached to an aromatic ring is 1. The molecule has 0 bridgehead atoms. The van der Waals surface area contributed by atoms with Gasteiger partial charge in [-0.2, -0.15) is 5.10 Å². The van der Waals surface area contributed by atoms with Gasteiger partial charge in [0.05, 0.1) is 17.1 Å². The molecule has 1 heterocycles. The molecule has 0 saturated heterocycles. The minimum absolute atomic E-state index is 0.412. The summed E-state index contributed by atoms with van der Waals surface area (Å²) in [6, 6.07) is 7.41. The van der Waals surface area contributed by atoms with Crippen LogP contribution in [0, 0.1) is 0 Å². The lowest BCUT2D eigenvalue weighted by molar-refractivity contribution is 0.769. The van der Waals surface area contributed by atoms with Gasteiger partial charge in [-0.25, -0.2) is 4.68 Å². The Hall–Kier alpha value is -1.48. The Labute approximate surface area is 99.8 Å². The highest BCUT2D eigenvalue weighted by Gasteiger charge is 2.07. The van der Waals surface area contributed by atoms with Crippen LogP contribution in [0.2, 0.25) is 5.02 Å². The molecule has 0 aliphatic rings. The number of anilines is 1. The van der Waals surface area contributed by atoms with Gasteiger partial charge in [0.15, 0.2) is 0 Å². The molecule has 0 fully saturated rings. The van der Waals surface area contributed by atoms with E-state index in [4.69, 9.17) is 17.3 Å². The Kier molecular flexibility index (Phi) is 2.88. The summed E-state index contributed by atoms with van der Waals surface area (Å²) in [5, 5.41) is 5.10. The SMILES string of the molecule is CC(C)c1ccn(-c2ccc(Cl)cc2N)n1. The first-order chi connectivity index (χ1) is 7.58. The van der Waals surface area contributed by atoms with Crippen molar-refractivity contribution < 1.29 is 0 Å². The minimum Gasteiger partial charge on any atom is -0.397 e. The fraction of sp³-hybridized carbons (Fsp3) is 0.250. The van der Waals surface area contributed by atoms with E-state index in [2.05, 4.69) is 18.9 Å². The maximum Gasteiger partial charge on any atom is 0.0875 e. The molecular formula is C12H14ClN3. The summed E-state index contributed by atoms with van der Waals surface area (Å²) in [7, 11) is 0. The van der Waals surface area contributed by atoms with Crippen LogP contribution < -0.4 is 5.73 Å². The number of benzene rings is 1. The molecule has 1 aromatic carbocycles. The molecule has 0 aliphatic carbocycles. The van der Waals surface area contributed by atoms with Crippen LogP contribution in [0.1, 0.15) is 25.5 Å². The highest BCUT2D eigenvalue weighted by Crippen LogP contribution is 2.22. The van der Waals surface area contributed by atoms with E-state index in [1.807, 2.05) is 24.4 Å². The van der Waals surface area contributed by atoms with E-state index in [1.165, 1.54) is 0 Å². The summed E-state index contributed by atoms with van der Waals surface area (Å²) in [6.07, 6.45) is 1.91. The molecule has 2 N–H and O–H groups in total. The minimum atomic E-state index is 0.412. The molecule has 84 valence electrons. The Morgan fingerprint density at radius 2 is 2.06 bits per heavy atom. The zero-order chi connectivity index (χ0) is 11.7. The standard InChI is InChI=1S/C12H14ClN3/c1-8(2)11-5-6-16(15-11)12-4-3-9(13)7-10(12)14/h3-8H,14H2,1-2H3. The van der Waals surface area contributed by atoms with Gasteiger partial charge in [0, 0.05) is 11.2 Å². The molecule has 0 aliphatic heterocycles. The van der Waals surface area contributed by atoms with E-state index in [0.717, 1.165) is 11.4 Å². The van der Waals surface area contributed by atoms with Crippen LogP contribution in [0.4, 0.5) is 5.69 Å². The summed E-state index contributed by atoms with van der Waals surface area (Å²) in [5.41, 5.74) is 8.43. The van der Waals surface area contributed by atoms with Gasteiger partial charge >= 0.3 is 0 Å². The van der Waals surface area contributed by atoms with Crippen molar-refractivity contribution in [2.45, 2.75) is 19.8 Å². The molecule has 4 heteroatoms. The number of nitrogens with zero attached hydrogens (tertiary/aromatic N) is 2. The van der Waals surface area contributed by atoms with Crippen molar-refractivity contribution in [2.24, 2.45) is 0 Å². The predicted molar refractivity (Wildman–Crippen MR) is 67.1 cm³/mol. The lowest BCUT2D eigenvalue weighted by Crippen LogP contribution is -2.01. The van der Waals surface area contributed by atoms with E-state index >= 15 is 0 Å². The van der Waals surface area contributed by atoms with Crippen LogP contribution in [-0.4, -0.2) is 9.78 Å². The first kappa shape index (κ1) is 11.0. The Balaban J connectivity index is 2.42. The van der Waals surface area contributed by atoms with Crippen molar-refractivity contribution in [3.05, 3.63) is 41.2 Å². The molecule has 0 unspecified atom stereocenters. The number of hydrogen-bond acceptors (Lipinski definition) is 2. The molecule has 0 spiro atoms. The van der Waals surface area contributed by atoms with Gasteiger partial charge in [-0.3, -0.25) is 0 Å². The molecule has 0 atom stereocenters. The van der Waals surface area contributed by atoms with Crippen molar-refractivity contribution >= 4 is 17.3 Å². The smallest absolute Gasteiger partial charge is 0.0875 e. The summed E-state index contributed by atoms with van der Waals surface area (Å²) >= 11 is 5.85. The number of rotatable bonds is 2. The second kappa shape index (κ2) is 4.18. The fourth-order valence-corrected chi connectivity index (χ4v) is 1.69. The van der Waals surface area contributed by atoms with E-state index in [0.29, 0.717) is 16.6 Å². The topological polar surface area (TPSA) is 43.8 Å². The number of nitrogens with two attached hydrogens (primary N) is 1. The van der Waals surface area contributed by atoms with Gasteiger partial charge in [0.25, 0.3) is 0 Å². The molecule has 0 saturated carbocycles.